The third-order valence-corrected chi connectivity index (χ3v) is 5.92. The van der Waals surface area contributed by atoms with Gasteiger partial charge in [-0.2, -0.15) is 0 Å². The minimum Gasteiger partial charge on any atom is -0.383 e. The molecule has 144 valence electrons. The second-order valence-corrected chi connectivity index (χ2v) is 9.39. The van der Waals surface area contributed by atoms with Crippen LogP contribution in [0.1, 0.15) is 50.2 Å². The molecule has 1 unspecified atom stereocenters. The van der Waals surface area contributed by atoms with E-state index in [1.54, 1.807) is 29.6 Å². The quantitative estimate of drug-likeness (QED) is 0.496. The largest absolute Gasteiger partial charge is 0.383 e. The molecule has 0 saturated heterocycles. The van der Waals surface area contributed by atoms with E-state index in [0.717, 1.165) is 41.0 Å². The molecule has 1 atom stereocenters. The van der Waals surface area contributed by atoms with Gasteiger partial charge in [0.05, 0.1) is 17.2 Å². The first-order chi connectivity index (χ1) is 12.2. The van der Waals surface area contributed by atoms with Gasteiger partial charge in [0.2, 0.25) is 0 Å². The standard InChI is InChI=1S/C19H30N4OS2/c1-6-20-17(22-13-19(5,24)15-8-7-11-25-15)21-10-9-16-23-14(12-26-16)18(2,3)4/h7-8,11-12,24H,6,9-10,13H2,1-5H3,(H2,20,21,22). The van der Waals surface area contributed by atoms with Crippen LogP contribution in [0.15, 0.2) is 27.9 Å². The molecule has 0 saturated carbocycles. The van der Waals surface area contributed by atoms with Gasteiger partial charge in [-0.3, -0.25) is 0 Å². The van der Waals surface area contributed by atoms with Crippen LogP contribution in [0.5, 0.6) is 0 Å². The Balaban J connectivity index is 1.90. The molecule has 0 aliphatic rings. The Morgan fingerprint density at radius 2 is 2.00 bits per heavy atom. The first kappa shape index (κ1) is 20.9. The Bertz CT molecular complexity index is 699. The summed E-state index contributed by atoms with van der Waals surface area (Å²) in [6.45, 7) is 12.2. The monoisotopic (exact) mass is 394 g/mol. The molecule has 0 aliphatic heterocycles. The molecule has 3 N–H and O–H groups in total. The Hall–Kier alpha value is -1.44. The maximum Gasteiger partial charge on any atom is 0.191 e. The summed E-state index contributed by atoms with van der Waals surface area (Å²) in [4.78, 5) is 10.2. The fourth-order valence-electron chi connectivity index (χ4n) is 2.30. The molecule has 5 nitrogen and oxygen atoms in total. The number of aliphatic imine (C=N–C) groups is 1. The van der Waals surface area contributed by atoms with E-state index in [2.05, 4.69) is 41.8 Å². The second-order valence-electron chi connectivity index (χ2n) is 7.50. The SMILES string of the molecule is CCNC(=NCC(C)(O)c1cccs1)NCCc1nc(C(C)(C)C)cs1. The minimum atomic E-state index is -0.951. The summed E-state index contributed by atoms with van der Waals surface area (Å²) in [6, 6.07) is 3.89. The molecule has 0 spiro atoms. The van der Waals surface area contributed by atoms with Crippen molar-refractivity contribution in [2.45, 2.75) is 52.1 Å². The highest BCUT2D eigenvalue weighted by atomic mass is 32.1. The Labute approximate surface area is 164 Å². The number of guanidine groups is 1. The average molecular weight is 395 g/mol. The number of nitrogens with zero attached hydrogens (tertiary/aromatic N) is 2. The highest BCUT2D eigenvalue weighted by Gasteiger charge is 2.24. The average Bonchev–Trinajstić information content (AvgIpc) is 3.24. The van der Waals surface area contributed by atoms with Crippen molar-refractivity contribution in [3.8, 4) is 0 Å². The summed E-state index contributed by atoms with van der Waals surface area (Å²) in [5.41, 5.74) is 0.282. The number of hydrogen-bond acceptors (Lipinski definition) is 5. The van der Waals surface area contributed by atoms with Crippen LogP contribution in [0.25, 0.3) is 0 Å². The fraction of sp³-hybridized carbons (Fsp3) is 0.579. The van der Waals surface area contributed by atoms with Crippen molar-refractivity contribution >= 4 is 28.6 Å². The third-order valence-electron chi connectivity index (χ3n) is 3.89. The summed E-state index contributed by atoms with van der Waals surface area (Å²) in [7, 11) is 0. The van der Waals surface area contributed by atoms with Crippen LogP contribution < -0.4 is 10.6 Å². The Morgan fingerprint density at radius 3 is 2.58 bits per heavy atom. The van der Waals surface area contributed by atoms with E-state index in [1.165, 1.54) is 0 Å². The van der Waals surface area contributed by atoms with Crippen LogP contribution in [0, 0.1) is 0 Å². The van der Waals surface area contributed by atoms with Crippen LogP contribution in [0.3, 0.4) is 0 Å². The predicted octanol–water partition coefficient (Wildman–Crippen LogP) is 3.51. The highest BCUT2D eigenvalue weighted by Crippen LogP contribution is 2.25. The van der Waals surface area contributed by atoms with Gasteiger partial charge in [-0.15, -0.1) is 22.7 Å². The molecular formula is C19H30N4OS2. The van der Waals surface area contributed by atoms with E-state index in [4.69, 9.17) is 4.98 Å². The molecule has 2 heterocycles. The van der Waals surface area contributed by atoms with Crippen molar-refractivity contribution in [2.75, 3.05) is 19.6 Å². The number of nitrogens with one attached hydrogen (secondary N) is 2. The van der Waals surface area contributed by atoms with Gasteiger partial charge in [-0.05, 0) is 25.3 Å². The fourth-order valence-corrected chi connectivity index (χ4v) is 4.10. The van der Waals surface area contributed by atoms with Crippen LogP contribution in [-0.2, 0) is 17.4 Å². The zero-order chi connectivity index (χ0) is 19.2. The Kier molecular flexibility index (Phi) is 7.20. The first-order valence-electron chi connectivity index (χ1n) is 8.96. The number of aliphatic hydroxyl groups is 1. The summed E-state index contributed by atoms with van der Waals surface area (Å²) < 4.78 is 0. The molecule has 0 fully saturated rings. The lowest BCUT2D eigenvalue weighted by Crippen LogP contribution is -2.39. The van der Waals surface area contributed by atoms with Crippen LogP contribution in [0.2, 0.25) is 0 Å². The van der Waals surface area contributed by atoms with Crippen molar-refractivity contribution in [3.05, 3.63) is 38.5 Å². The van der Waals surface area contributed by atoms with Gasteiger partial charge in [0.25, 0.3) is 0 Å². The molecule has 7 heteroatoms. The van der Waals surface area contributed by atoms with Gasteiger partial charge in [-0.1, -0.05) is 26.8 Å². The van der Waals surface area contributed by atoms with E-state index >= 15 is 0 Å². The van der Waals surface area contributed by atoms with Gasteiger partial charge in [-0.25, -0.2) is 9.98 Å². The zero-order valence-electron chi connectivity index (χ0n) is 16.3. The number of hydrogen-bond donors (Lipinski definition) is 3. The normalized spacial score (nSPS) is 14.9. The second kappa shape index (κ2) is 8.97. The van der Waals surface area contributed by atoms with E-state index in [0.29, 0.717) is 6.54 Å². The molecule has 0 radical (unpaired) electrons. The van der Waals surface area contributed by atoms with Crippen LogP contribution >= 0.6 is 22.7 Å². The molecule has 0 aliphatic carbocycles. The van der Waals surface area contributed by atoms with Gasteiger partial charge in [0.1, 0.15) is 5.60 Å². The molecular weight excluding hydrogens is 364 g/mol. The highest BCUT2D eigenvalue weighted by molar-refractivity contribution is 7.10. The van der Waals surface area contributed by atoms with E-state index in [9.17, 15) is 5.11 Å². The smallest absolute Gasteiger partial charge is 0.191 e. The molecule has 26 heavy (non-hydrogen) atoms. The lowest BCUT2D eigenvalue weighted by molar-refractivity contribution is 0.0711. The molecule has 2 aromatic rings. The number of thiophene rings is 1. The maximum atomic E-state index is 10.6. The maximum absolute atomic E-state index is 10.6. The molecule has 2 rings (SSSR count). The van der Waals surface area contributed by atoms with Gasteiger partial charge < -0.3 is 15.7 Å². The van der Waals surface area contributed by atoms with Crippen molar-refractivity contribution in [1.82, 2.24) is 15.6 Å². The third kappa shape index (κ3) is 6.07. The van der Waals surface area contributed by atoms with Crippen molar-refractivity contribution in [1.29, 1.82) is 0 Å². The topological polar surface area (TPSA) is 69.5 Å². The van der Waals surface area contributed by atoms with E-state index < -0.39 is 5.60 Å². The number of rotatable bonds is 7. The summed E-state index contributed by atoms with van der Waals surface area (Å²) in [5, 5.41) is 22.4. The molecule has 0 amide bonds. The molecule has 0 bridgehead atoms. The van der Waals surface area contributed by atoms with E-state index in [1.807, 2.05) is 24.4 Å². The van der Waals surface area contributed by atoms with Crippen molar-refractivity contribution in [3.63, 3.8) is 0 Å². The summed E-state index contributed by atoms with van der Waals surface area (Å²) in [6.07, 6.45) is 0.854. The minimum absolute atomic E-state index is 0.0892. The van der Waals surface area contributed by atoms with Crippen molar-refractivity contribution < 1.29 is 5.11 Å². The number of thiazole rings is 1. The Morgan fingerprint density at radius 1 is 1.23 bits per heavy atom. The lowest BCUT2D eigenvalue weighted by Gasteiger charge is -2.20. The predicted molar refractivity (Wildman–Crippen MR) is 112 cm³/mol. The van der Waals surface area contributed by atoms with Crippen LogP contribution in [0.4, 0.5) is 0 Å². The summed E-state index contributed by atoms with van der Waals surface area (Å²) in [5.74, 6) is 0.719. The first-order valence-corrected chi connectivity index (χ1v) is 10.7. The van der Waals surface area contributed by atoms with E-state index in [-0.39, 0.29) is 5.41 Å². The van der Waals surface area contributed by atoms with Crippen LogP contribution in [-0.4, -0.2) is 35.7 Å². The van der Waals surface area contributed by atoms with Gasteiger partial charge in [0.15, 0.2) is 5.96 Å². The number of aromatic nitrogens is 1. The summed E-state index contributed by atoms with van der Waals surface area (Å²) >= 11 is 3.25. The van der Waals surface area contributed by atoms with Gasteiger partial charge >= 0.3 is 0 Å². The molecule has 0 aromatic carbocycles. The molecule has 2 aromatic heterocycles. The van der Waals surface area contributed by atoms with Crippen molar-refractivity contribution in [2.24, 2.45) is 4.99 Å². The lowest BCUT2D eigenvalue weighted by atomic mass is 9.93. The van der Waals surface area contributed by atoms with Gasteiger partial charge in [0, 0.05) is 35.2 Å². The zero-order valence-corrected chi connectivity index (χ0v) is 17.9.